The molecule has 152 valence electrons. The van der Waals surface area contributed by atoms with Gasteiger partial charge in [0.25, 0.3) is 5.91 Å². The second kappa shape index (κ2) is 9.18. The number of aromatic nitrogens is 2. The Morgan fingerprint density at radius 1 is 1.17 bits per heavy atom. The summed E-state index contributed by atoms with van der Waals surface area (Å²) in [5.74, 6) is 0.217. The van der Waals surface area contributed by atoms with Crippen molar-refractivity contribution in [2.24, 2.45) is 7.05 Å². The second-order valence-corrected chi connectivity index (χ2v) is 6.19. The fourth-order valence-electron chi connectivity index (χ4n) is 2.92. The molecule has 0 bridgehead atoms. The molecule has 1 N–H and O–H groups in total. The minimum Gasteiger partial charge on any atom is -0.490 e. The number of carbonyl (C=O) groups excluding carboxylic acids is 1. The molecule has 0 aliphatic carbocycles. The number of benzene rings is 2. The van der Waals surface area contributed by atoms with Crippen LogP contribution in [0.25, 0.3) is 0 Å². The van der Waals surface area contributed by atoms with E-state index in [1.165, 1.54) is 18.2 Å². The molecule has 0 fully saturated rings. The van der Waals surface area contributed by atoms with E-state index in [0.29, 0.717) is 5.82 Å². The molecule has 1 atom stereocenters. The van der Waals surface area contributed by atoms with Crippen LogP contribution in [0.5, 0.6) is 11.5 Å². The molecule has 0 saturated carbocycles. The van der Waals surface area contributed by atoms with Crippen molar-refractivity contribution >= 4 is 5.91 Å². The van der Waals surface area contributed by atoms with Crippen molar-refractivity contribution in [1.29, 1.82) is 0 Å². The number of amides is 1. The van der Waals surface area contributed by atoms with Crippen molar-refractivity contribution < 1.29 is 23.0 Å². The van der Waals surface area contributed by atoms with Crippen molar-refractivity contribution in [3.05, 3.63) is 77.9 Å². The molecule has 29 heavy (non-hydrogen) atoms. The minimum absolute atomic E-state index is 0.0775. The van der Waals surface area contributed by atoms with Crippen LogP contribution in [0.4, 0.5) is 8.78 Å². The lowest BCUT2D eigenvalue weighted by Crippen LogP contribution is -2.31. The number of aryl methyl sites for hydroxylation is 1. The molecular formula is C21H21F2N3O3. The number of nitrogens with one attached hydrogen (secondary N) is 1. The van der Waals surface area contributed by atoms with Gasteiger partial charge in [-0.3, -0.25) is 4.79 Å². The molecule has 0 aliphatic heterocycles. The molecule has 1 aromatic heterocycles. The van der Waals surface area contributed by atoms with Gasteiger partial charge >= 0.3 is 6.61 Å². The number of ether oxygens (including phenoxy) is 2. The number of alkyl halides is 2. The summed E-state index contributed by atoms with van der Waals surface area (Å²) in [7, 11) is 1.84. The zero-order valence-corrected chi connectivity index (χ0v) is 16.0. The molecule has 1 unspecified atom stereocenters. The monoisotopic (exact) mass is 401 g/mol. The summed E-state index contributed by atoms with van der Waals surface area (Å²) in [6.07, 6.45) is 3.45. The summed E-state index contributed by atoms with van der Waals surface area (Å²) in [6.45, 7) is -1.03. The first-order chi connectivity index (χ1) is 14.0. The zero-order chi connectivity index (χ0) is 20.8. The van der Waals surface area contributed by atoms with Crippen LogP contribution in [0.3, 0.4) is 0 Å². The van der Waals surface area contributed by atoms with Crippen molar-refractivity contribution in [3.8, 4) is 11.5 Å². The van der Waals surface area contributed by atoms with Gasteiger partial charge in [0.05, 0.1) is 6.61 Å². The molecule has 8 heteroatoms. The molecule has 2 aromatic carbocycles. The number of hydrogen-bond donors (Lipinski definition) is 1. The average molecular weight is 401 g/mol. The summed E-state index contributed by atoms with van der Waals surface area (Å²) in [6, 6.07) is 13.0. The van der Waals surface area contributed by atoms with Gasteiger partial charge in [-0.25, -0.2) is 4.98 Å². The van der Waals surface area contributed by atoms with Crippen molar-refractivity contribution in [1.82, 2.24) is 14.9 Å². The normalized spacial score (nSPS) is 11.9. The molecule has 1 amide bonds. The fourth-order valence-corrected chi connectivity index (χ4v) is 2.92. The van der Waals surface area contributed by atoms with Crippen LogP contribution in [0, 0.1) is 0 Å². The Hall–Kier alpha value is -3.42. The van der Waals surface area contributed by atoms with E-state index < -0.39 is 18.6 Å². The van der Waals surface area contributed by atoms with Gasteiger partial charge in [-0.05, 0) is 30.7 Å². The summed E-state index contributed by atoms with van der Waals surface area (Å²) in [5.41, 5.74) is 1.11. The minimum atomic E-state index is -2.99. The molecule has 0 saturated heterocycles. The van der Waals surface area contributed by atoms with E-state index in [9.17, 15) is 13.6 Å². The maximum atomic E-state index is 12.9. The molecule has 0 spiro atoms. The van der Waals surface area contributed by atoms with Crippen molar-refractivity contribution in [3.63, 3.8) is 0 Å². The topological polar surface area (TPSA) is 65.4 Å². The smallest absolute Gasteiger partial charge is 0.387 e. The van der Waals surface area contributed by atoms with Crippen LogP contribution in [0.1, 0.15) is 34.7 Å². The van der Waals surface area contributed by atoms with Crippen LogP contribution < -0.4 is 14.8 Å². The van der Waals surface area contributed by atoms with Gasteiger partial charge in [0, 0.05) is 25.0 Å². The largest absolute Gasteiger partial charge is 0.490 e. The van der Waals surface area contributed by atoms with Crippen LogP contribution >= 0.6 is 0 Å². The van der Waals surface area contributed by atoms with Gasteiger partial charge in [0.2, 0.25) is 0 Å². The number of halogens is 2. The predicted octanol–water partition coefficient (Wildman–Crippen LogP) is 3.94. The van der Waals surface area contributed by atoms with E-state index in [4.69, 9.17) is 4.74 Å². The lowest BCUT2D eigenvalue weighted by molar-refractivity contribution is -0.0514. The van der Waals surface area contributed by atoms with E-state index in [-0.39, 0.29) is 23.7 Å². The summed E-state index contributed by atoms with van der Waals surface area (Å²) in [5, 5.41) is 2.96. The standard InChI is InChI=1S/C21H21F2N3O3/c1-3-28-17-13-15(9-10-16(17)29-21(22)23)20(27)25-18(14-7-5-4-6-8-14)19-24-11-12-26(19)2/h4-13,18,21H,3H2,1-2H3,(H,25,27). The maximum Gasteiger partial charge on any atom is 0.387 e. The molecule has 6 nitrogen and oxygen atoms in total. The number of nitrogens with zero attached hydrogens (tertiary/aromatic N) is 2. The summed E-state index contributed by atoms with van der Waals surface area (Å²) >= 11 is 0. The molecule has 0 radical (unpaired) electrons. The quantitative estimate of drug-likeness (QED) is 0.621. The molecule has 3 rings (SSSR count). The van der Waals surface area contributed by atoms with Crippen LogP contribution in [-0.4, -0.2) is 28.7 Å². The first-order valence-corrected chi connectivity index (χ1v) is 9.04. The third-order valence-electron chi connectivity index (χ3n) is 4.25. The lowest BCUT2D eigenvalue weighted by atomic mass is 10.1. The Morgan fingerprint density at radius 3 is 2.55 bits per heavy atom. The van der Waals surface area contributed by atoms with E-state index in [0.717, 1.165) is 5.56 Å². The number of carbonyl (C=O) groups is 1. The van der Waals surface area contributed by atoms with Gasteiger partial charge < -0.3 is 19.4 Å². The number of imidazole rings is 1. The van der Waals surface area contributed by atoms with Gasteiger partial charge in [-0.2, -0.15) is 8.78 Å². The lowest BCUT2D eigenvalue weighted by Gasteiger charge is -2.20. The van der Waals surface area contributed by atoms with Crippen molar-refractivity contribution in [2.75, 3.05) is 6.61 Å². The number of hydrogen-bond acceptors (Lipinski definition) is 4. The third-order valence-corrected chi connectivity index (χ3v) is 4.25. The summed E-state index contributed by atoms with van der Waals surface area (Å²) in [4.78, 5) is 17.3. The van der Waals surface area contributed by atoms with Gasteiger partial charge in [0.1, 0.15) is 11.9 Å². The Kier molecular flexibility index (Phi) is 6.43. The Bertz CT molecular complexity index is 961. The first-order valence-electron chi connectivity index (χ1n) is 9.04. The highest BCUT2D eigenvalue weighted by Gasteiger charge is 2.22. The third kappa shape index (κ3) is 4.90. The van der Waals surface area contributed by atoms with E-state index in [1.54, 1.807) is 19.3 Å². The maximum absolute atomic E-state index is 12.9. The zero-order valence-electron chi connectivity index (χ0n) is 16.0. The number of rotatable bonds is 8. The van der Waals surface area contributed by atoms with E-state index in [1.807, 2.05) is 41.9 Å². The average Bonchev–Trinajstić information content (AvgIpc) is 3.13. The summed E-state index contributed by atoms with van der Waals surface area (Å²) < 4.78 is 36.8. The van der Waals surface area contributed by atoms with Crippen LogP contribution in [-0.2, 0) is 7.05 Å². The second-order valence-electron chi connectivity index (χ2n) is 6.19. The van der Waals surface area contributed by atoms with Gasteiger partial charge in [-0.15, -0.1) is 0 Å². The predicted molar refractivity (Wildman–Crippen MR) is 103 cm³/mol. The molecular weight excluding hydrogens is 380 g/mol. The Morgan fingerprint density at radius 2 is 1.93 bits per heavy atom. The Balaban J connectivity index is 1.90. The highest BCUT2D eigenvalue weighted by atomic mass is 19.3. The SMILES string of the molecule is CCOc1cc(C(=O)NC(c2ccccc2)c2nccn2C)ccc1OC(F)F. The molecule has 3 aromatic rings. The highest BCUT2D eigenvalue weighted by molar-refractivity contribution is 5.95. The van der Waals surface area contributed by atoms with Gasteiger partial charge in [0.15, 0.2) is 11.5 Å². The first kappa shape index (κ1) is 20.3. The van der Waals surface area contributed by atoms with Gasteiger partial charge in [-0.1, -0.05) is 30.3 Å². The van der Waals surface area contributed by atoms with E-state index >= 15 is 0 Å². The highest BCUT2D eigenvalue weighted by Crippen LogP contribution is 2.30. The fraction of sp³-hybridized carbons (Fsp3) is 0.238. The Labute approximate surface area is 167 Å². The van der Waals surface area contributed by atoms with Crippen LogP contribution in [0.15, 0.2) is 60.9 Å². The van der Waals surface area contributed by atoms with Crippen LogP contribution in [0.2, 0.25) is 0 Å². The van der Waals surface area contributed by atoms with E-state index in [2.05, 4.69) is 15.0 Å². The molecule has 1 heterocycles. The molecule has 0 aliphatic rings. The van der Waals surface area contributed by atoms with Crippen molar-refractivity contribution in [2.45, 2.75) is 19.6 Å².